The third kappa shape index (κ3) is 2.10. The van der Waals surface area contributed by atoms with Gasteiger partial charge < -0.3 is 0 Å². The second kappa shape index (κ2) is 4.33. The number of nitrogens with one attached hydrogen (secondary N) is 1. The smallest absolute Gasteiger partial charge is 0.0534 e. The van der Waals surface area contributed by atoms with Crippen LogP contribution in [0.3, 0.4) is 0 Å². The maximum absolute atomic E-state index is 4.22. The summed E-state index contributed by atoms with van der Waals surface area (Å²) in [5.74, 6) is 0. The molecule has 0 amide bonds. The van der Waals surface area contributed by atoms with Crippen molar-refractivity contribution in [2.45, 2.75) is 25.4 Å². The molecule has 1 saturated heterocycles. The summed E-state index contributed by atoms with van der Waals surface area (Å²) in [4.78, 5) is 2.49. The first-order valence-electron chi connectivity index (χ1n) is 6.04. The molecule has 1 N–H and O–H groups in total. The predicted octanol–water partition coefficient (Wildman–Crippen LogP) is 1.48. The van der Waals surface area contributed by atoms with Crippen LogP contribution in [0.2, 0.25) is 0 Å². The molecular weight excluding hydrogens is 214 g/mol. The summed E-state index contributed by atoms with van der Waals surface area (Å²) in [5, 5.41) is 11.3. The van der Waals surface area contributed by atoms with Crippen molar-refractivity contribution in [3.05, 3.63) is 35.9 Å². The molecule has 0 unspecified atom stereocenters. The Kier molecular flexibility index (Phi) is 2.68. The molecule has 90 valence electrons. The van der Waals surface area contributed by atoms with E-state index in [0.29, 0.717) is 6.04 Å². The minimum Gasteiger partial charge on any atom is -0.290 e. The van der Waals surface area contributed by atoms with Crippen molar-refractivity contribution in [3.63, 3.8) is 0 Å². The van der Waals surface area contributed by atoms with Crippen LogP contribution >= 0.6 is 0 Å². The highest BCUT2D eigenvalue weighted by Gasteiger charge is 2.26. The second-order valence-corrected chi connectivity index (χ2v) is 4.66. The van der Waals surface area contributed by atoms with Gasteiger partial charge in [0.25, 0.3) is 0 Å². The summed E-state index contributed by atoms with van der Waals surface area (Å²) >= 11 is 0. The van der Waals surface area contributed by atoms with Crippen LogP contribution in [0.25, 0.3) is 0 Å². The normalized spacial score (nSPS) is 21.1. The Labute approximate surface area is 100 Å². The third-order valence-corrected chi connectivity index (χ3v) is 3.39. The Morgan fingerprint density at radius 1 is 1.53 bits per heavy atom. The van der Waals surface area contributed by atoms with Crippen molar-refractivity contribution >= 4 is 0 Å². The molecule has 17 heavy (non-hydrogen) atoms. The van der Waals surface area contributed by atoms with E-state index in [9.17, 15) is 0 Å². The minimum absolute atomic E-state index is 0.484. The molecule has 0 saturated carbocycles. The van der Waals surface area contributed by atoms with Crippen molar-refractivity contribution in [1.82, 2.24) is 24.9 Å². The van der Waals surface area contributed by atoms with E-state index in [0.717, 1.165) is 13.1 Å². The lowest BCUT2D eigenvalue weighted by Gasteiger charge is -2.22. The molecule has 0 aliphatic carbocycles. The monoisotopic (exact) mass is 231 g/mol. The molecular formula is C12H17N5. The second-order valence-electron chi connectivity index (χ2n) is 4.66. The van der Waals surface area contributed by atoms with Crippen LogP contribution in [-0.2, 0) is 13.6 Å². The highest BCUT2D eigenvalue weighted by Crippen LogP contribution is 2.31. The standard InChI is InChI=1S/C12H17N5/c1-16-8-10(7-14-16)9-17-6-2-3-12(17)11-4-5-13-15-11/h4-5,7-8,12H,2-3,6,9H2,1H3,(H,13,15)/t12-/m1/s1. The lowest BCUT2D eigenvalue weighted by molar-refractivity contribution is 0.244. The lowest BCUT2D eigenvalue weighted by atomic mass is 10.1. The molecule has 5 nitrogen and oxygen atoms in total. The number of likely N-dealkylation sites (tertiary alicyclic amines) is 1. The van der Waals surface area contributed by atoms with Crippen LogP contribution in [0.15, 0.2) is 24.7 Å². The molecule has 2 aromatic rings. The van der Waals surface area contributed by atoms with Gasteiger partial charge in [0, 0.05) is 31.5 Å². The van der Waals surface area contributed by atoms with Crippen molar-refractivity contribution in [1.29, 1.82) is 0 Å². The quantitative estimate of drug-likeness (QED) is 0.870. The van der Waals surface area contributed by atoms with E-state index in [-0.39, 0.29) is 0 Å². The molecule has 1 atom stereocenters. The highest BCUT2D eigenvalue weighted by molar-refractivity contribution is 5.10. The lowest BCUT2D eigenvalue weighted by Crippen LogP contribution is -2.22. The zero-order valence-corrected chi connectivity index (χ0v) is 10.0. The van der Waals surface area contributed by atoms with Crippen molar-refractivity contribution in [2.75, 3.05) is 6.54 Å². The van der Waals surface area contributed by atoms with Crippen LogP contribution in [0.4, 0.5) is 0 Å². The number of aryl methyl sites for hydroxylation is 1. The van der Waals surface area contributed by atoms with Crippen LogP contribution in [-0.4, -0.2) is 31.4 Å². The fourth-order valence-corrected chi connectivity index (χ4v) is 2.61. The van der Waals surface area contributed by atoms with Crippen molar-refractivity contribution < 1.29 is 0 Å². The predicted molar refractivity (Wildman–Crippen MR) is 64.2 cm³/mol. The number of hydrogen-bond donors (Lipinski definition) is 1. The summed E-state index contributed by atoms with van der Waals surface area (Å²) in [7, 11) is 1.96. The average molecular weight is 231 g/mol. The minimum atomic E-state index is 0.484. The van der Waals surface area contributed by atoms with E-state index < -0.39 is 0 Å². The summed E-state index contributed by atoms with van der Waals surface area (Å²) in [5.41, 5.74) is 2.50. The van der Waals surface area contributed by atoms with Gasteiger partial charge in [0.05, 0.1) is 17.9 Å². The molecule has 1 aliphatic heterocycles. The van der Waals surface area contributed by atoms with Crippen LogP contribution in [0, 0.1) is 0 Å². The van der Waals surface area contributed by atoms with Gasteiger partial charge in [-0.25, -0.2) is 0 Å². The van der Waals surface area contributed by atoms with Gasteiger partial charge in [0.15, 0.2) is 0 Å². The van der Waals surface area contributed by atoms with Gasteiger partial charge in [-0.1, -0.05) is 0 Å². The summed E-state index contributed by atoms with van der Waals surface area (Å²) in [6.45, 7) is 2.12. The Bertz CT molecular complexity index is 473. The molecule has 0 spiro atoms. The van der Waals surface area contributed by atoms with E-state index in [2.05, 4.69) is 32.5 Å². The Morgan fingerprint density at radius 2 is 2.47 bits per heavy atom. The van der Waals surface area contributed by atoms with E-state index in [1.807, 2.05) is 24.1 Å². The van der Waals surface area contributed by atoms with Crippen LogP contribution in [0.5, 0.6) is 0 Å². The first-order chi connectivity index (χ1) is 8.33. The zero-order valence-electron chi connectivity index (χ0n) is 10.0. The molecule has 2 aromatic heterocycles. The van der Waals surface area contributed by atoms with Crippen molar-refractivity contribution in [2.24, 2.45) is 7.05 Å². The third-order valence-electron chi connectivity index (χ3n) is 3.39. The Balaban J connectivity index is 1.74. The first kappa shape index (κ1) is 10.5. The van der Waals surface area contributed by atoms with E-state index in [4.69, 9.17) is 0 Å². The average Bonchev–Trinajstić information content (AvgIpc) is 3.00. The van der Waals surface area contributed by atoms with Crippen LogP contribution < -0.4 is 0 Å². The number of rotatable bonds is 3. The maximum Gasteiger partial charge on any atom is 0.0534 e. The number of H-pyrrole nitrogens is 1. The van der Waals surface area contributed by atoms with Gasteiger partial charge in [-0.05, 0) is 25.5 Å². The SMILES string of the molecule is Cn1cc(CN2CCC[C@@H]2c2ccn[nH]2)cn1. The number of hydrogen-bond acceptors (Lipinski definition) is 3. The fraction of sp³-hybridized carbons (Fsp3) is 0.500. The Morgan fingerprint density at radius 3 is 3.18 bits per heavy atom. The summed E-state index contributed by atoms with van der Waals surface area (Å²) in [6, 6.07) is 2.56. The van der Waals surface area contributed by atoms with Crippen molar-refractivity contribution in [3.8, 4) is 0 Å². The van der Waals surface area contributed by atoms with E-state index >= 15 is 0 Å². The molecule has 3 heterocycles. The van der Waals surface area contributed by atoms with E-state index in [1.165, 1.54) is 24.1 Å². The Hall–Kier alpha value is -1.62. The molecule has 1 aliphatic rings. The first-order valence-corrected chi connectivity index (χ1v) is 6.04. The molecule has 1 fully saturated rings. The number of aromatic amines is 1. The largest absolute Gasteiger partial charge is 0.290 e. The highest BCUT2D eigenvalue weighted by atomic mass is 15.3. The van der Waals surface area contributed by atoms with Gasteiger partial charge in [-0.15, -0.1) is 0 Å². The number of nitrogens with zero attached hydrogens (tertiary/aromatic N) is 4. The molecule has 0 radical (unpaired) electrons. The summed E-state index contributed by atoms with van der Waals surface area (Å²) in [6.07, 6.45) is 8.33. The van der Waals surface area contributed by atoms with Gasteiger partial charge in [-0.3, -0.25) is 14.7 Å². The van der Waals surface area contributed by atoms with Gasteiger partial charge >= 0.3 is 0 Å². The zero-order chi connectivity index (χ0) is 11.7. The number of aromatic nitrogens is 4. The van der Waals surface area contributed by atoms with E-state index in [1.54, 1.807) is 0 Å². The molecule has 0 aromatic carbocycles. The molecule has 3 rings (SSSR count). The summed E-state index contributed by atoms with van der Waals surface area (Å²) < 4.78 is 1.86. The topological polar surface area (TPSA) is 49.7 Å². The fourth-order valence-electron chi connectivity index (χ4n) is 2.61. The van der Waals surface area contributed by atoms with Gasteiger partial charge in [0.2, 0.25) is 0 Å². The van der Waals surface area contributed by atoms with Gasteiger partial charge in [-0.2, -0.15) is 10.2 Å². The van der Waals surface area contributed by atoms with Gasteiger partial charge in [0.1, 0.15) is 0 Å². The molecule has 0 bridgehead atoms. The van der Waals surface area contributed by atoms with Crippen LogP contribution in [0.1, 0.15) is 30.1 Å². The molecule has 5 heteroatoms. The maximum atomic E-state index is 4.22.